The van der Waals surface area contributed by atoms with E-state index in [1.807, 2.05) is 0 Å². The van der Waals surface area contributed by atoms with Gasteiger partial charge in [0.2, 0.25) is 0 Å². The molecule has 4 aliphatic carbocycles. The van der Waals surface area contributed by atoms with Crippen LogP contribution < -0.4 is 0 Å². The lowest BCUT2D eigenvalue weighted by molar-refractivity contribution is -0.102. The minimum Gasteiger partial charge on any atom is -0.0867 e. The summed E-state index contributed by atoms with van der Waals surface area (Å²) in [4.78, 5) is 3.33. The fraction of sp³-hybridized carbons (Fsp3) is 1.00. The fourth-order valence-corrected chi connectivity index (χ4v) is 6.45. The van der Waals surface area contributed by atoms with E-state index in [0.29, 0.717) is 5.41 Å². The first kappa shape index (κ1) is 14.3. The van der Waals surface area contributed by atoms with Crippen molar-refractivity contribution in [1.82, 2.24) is 0 Å². The predicted octanol–water partition coefficient (Wildman–Crippen LogP) is 5.85. The fourth-order valence-electron chi connectivity index (χ4n) is 6.45. The van der Waals surface area contributed by atoms with Crippen molar-refractivity contribution in [3.63, 3.8) is 0 Å². The highest BCUT2D eigenvalue weighted by molar-refractivity contribution is 5.13. The number of nitrogens with zero attached hydrogens (tertiary/aromatic N) is 3. The summed E-state index contributed by atoms with van der Waals surface area (Å²) in [6, 6.07) is 0. The van der Waals surface area contributed by atoms with Crippen molar-refractivity contribution in [1.29, 1.82) is 0 Å². The molecule has 0 unspecified atom stereocenters. The molecule has 3 nitrogen and oxygen atoms in total. The summed E-state index contributed by atoms with van der Waals surface area (Å²) in [6.07, 6.45) is 12.9. The maximum atomic E-state index is 9.22. The smallest absolute Gasteiger partial charge is 0.0544 e. The van der Waals surface area contributed by atoms with E-state index in [1.54, 1.807) is 0 Å². The molecule has 0 N–H and O–H groups in total. The van der Waals surface area contributed by atoms with Crippen LogP contribution in [-0.2, 0) is 0 Å². The van der Waals surface area contributed by atoms with Crippen molar-refractivity contribution < 1.29 is 0 Å². The molecule has 4 saturated carbocycles. The van der Waals surface area contributed by atoms with Crippen LogP contribution in [-0.4, -0.2) is 5.54 Å². The molecular formula is C17H29N3. The van der Waals surface area contributed by atoms with Crippen molar-refractivity contribution in [3.05, 3.63) is 10.4 Å². The van der Waals surface area contributed by atoms with E-state index in [2.05, 4.69) is 23.9 Å². The first-order chi connectivity index (χ1) is 9.67. The SMILES string of the molecule is CCCC(CCC)(N=[N+]=[N-])C12CC3CC(CC(C3)C1)C2. The van der Waals surface area contributed by atoms with Crippen LogP contribution in [0.15, 0.2) is 5.11 Å². The topological polar surface area (TPSA) is 48.8 Å². The zero-order valence-electron chi connectivity index (χ0n) is 13.1. The Balaban J connectivity index is 1.98. The molecule has 0 aromatic heterocycles. The quantitative estimate of drug-likeness (QED) is 0.331. The third-order valence-corrected chi connectivity index (χ3v) is 6.59. The Hall–Kier alpha value is -0.690. The molecule has 0 amide bonds. The van der Waals surface area contributed by atoms with E-state index in [9.17, 15) is 5.53 Å². The second-order valence-corrected chi connectivity index (χ2v) is 7.92. The van der Waals surface area contributed by atoms with Crippen LogP contribution in [0.3, 0.4) is 0 Å². The molecule has 0 heterocycles. The third-order valence-electron chi connectivity index (χ3n) is 6.59. The molecule has 4 aliphatic rings. The van der Waals surface area contributed by atoms with Gasteiger partial charge in [-0.25, -0.2) is 0 Å². The second kappa shape index (κ2) is 5.26. The Bertz CT molecular complexity index is 367. The van der Waals surface area contributed by atoms with Crippen LogP contribution in [0.4, 0.5) is 0 Å². The van der Waals surface area contributed by atoms with Crippen LogP contribution in [0.5, 0.6) is 0 Å². The molecule has 0 radical (unpaired) electrons. The summed E-state index contributed by atoms with van der Waals surface area (Å²) in [5, 5.41) is 4.51. The second-order valence-electron chi connectivity index (χ2n) is 7.92. The van der Waals surface area contributed by atoms with Gasteiger partial charge in [0.25, 0.3) is 0 Å². The number of hydrogen-bond acceptors (Lipinski definition) is 1. The summed E-state index contributed by atoms with van der Waals surface area (Å²) in [6.45, 7) is 4.50. The first-order valence-corrected chi connectivity index (χ1v) is 8.73. The first-order valence-electron chi connectivity index (χ1n) is 8.73. The molecule has 4 bridgehead atoms. The van der Waals surface area contributed by atoms with E-state index in [-0.39, 0.29) is 5.54 Å². The molecule has 0 atom stereocenters. The molecule has 112 valence electrons. The van der Waals surface area contributed by atoms with Crippen LogP contribution >= 0.6 is 0 Å². The zero-order valence-corrected chi connectivity index (χ0v) is 13.1. The van der Waals surface area contributed by atoms with Gasteiger partial charge >= 0.3 is 0 Å². The normalized spacial score (nSPS) is 38.8. The lowest BCUT2D eigenvalue weighted by Gasteiger charge is -2.63. The molecule has 0 saturated heterocycles. The zero-order chi connectivity index (χ0) is 14.2. The number of rotatable bonds is 6. The summed E-state index contributed by atoms with van der Waals surface area (Å²) >= 11 is 0. The Labute approximate surface area is 123 Å². The maximum absolute atomic E-state index is 9.22. The summed E-state index contributed by atoms with van der Waals surface area (Å²) < 4.78 is 0. The Morgan fingerprint density at radius 2 is 1.45 bits per heavy atom. The average molecular weight is 275 g/mol. The molecule has 0 aromatic rings. The van der Waals surface area contributed by atoms with Gasteiger partial charge in [0.05, 0.1) is 5.54 Å². The summed E-state index contributed by atoms with van der Waals surface area (Å²) in [5.74, 6) is 2.80. The van der Waals surface area contributed by atoms with Crippen LogP contribution in [0, 0.1) is 23.2 Å². The highest BCUT2D eigenvalue weighted by Crippen LogP contribution is 2.66. The van der Waals surface area contributed by atoms with Gasteiger partial charge in [-0.3, -0.25) is 0 Å². The number of hydrogen-bond donors (Lipinski definition) is 0. The van der Waals surface area contributed by atoms with Gasteiger partial charge in [-0.15, -0.1) is 0 Å². The van der Waals surface area contributed by atoms with Gasteiger partial charge in [0.1, 0.15) is 0 Å². The van der Waals surface area contributed by atoms with Crippen molar-refractivity contribution >= 4 is 0 Å². The highest BCUT2D eigenvalue weighted by Gasteiger charge is 2.59. The lowest BCUT2D eigenvalue weighted by atomic mass is 9.43. The molecule has 0 spiro atoms. The highest BCUT2D eigenvalue weighted by atomic mass is 15.2. The maximum Gasteiger partial charge on any atom is 0.0544 e. The summed E-state index contributed by atoms with van der Waals surface area (Å²) in [5.41, 5.74) is 9.48. The van der Waals surface area contributed by atoms with Crippen molar-refractivity contribution in [2.45, 2.75) is 83.6 Å². The van der Waals surface area contributed by atoms with Crippen molar-refractivity contribution in [2.75, 3.05) is 0 Å². The molecule has 4 rings (SSSR count). The minimum atomic E-state index is -0.0821. The largest absolute Gasteiger partial charge is 0.0867 e. The van der Waals surface area contributed by atoms with Crippen LogP contribution in [0.1, 0.15) is 78.1 Å². The molecule has 0 aliphatic heterocycles. The Morgan fingerprint density at radius 3 is 1.80 bits per heavy atom. The molecule has 3 heteroatoms. The van der Waals surface area contributed by atoms with Gasteiger partial charge in [-0.1, -0.05) is 31.8 Å². The monoisotopic (exact) mass is 275 g/mol. The third kappa shape index (κ3) is 2.06. The Kier molecular flexibility index (Phi) is 3.75. The van der Waals surface area contributed by atoms with E-state index in [4.69, 9.17) is 0 Å². The van der Waals surface area contributed by atoms with E-state index in [1.165, 1.54) is 38.5 Å². The predicted molar refractivity (Wildman–Crippen MR) is 82.3 cm³/mol. The van der Waals surface area contributed by atoms with E-state index in [0.717, 1.165) is 43.4 Å². The van der Waals surface area contributed by atoms with Gasteiger partial charge in [-0.2, -0.15) is 0 Å². The summed E-state index contributed by atoms with van der Waals surface area (Å²) in [7, 11) is 0. The van der Waals surface area contributed by atoms with Crippen molar-refractivity contribution in [2.24, 2.45) is 28.3 Å². The molecule has 0 aromatic carbocycles. The van der Waals surface area contributed by atoms with Gasteiger partial charge in [0.15, 0.2) is 0 Å². The molecule has 20 heavy (non-hydrogen) atoms. The average Bonchev–Trinajstić information content (AvgIpc) is 2.37. The van der Waals surface area contributed by atoms with Gasteiger partial charge in [0, 0.05) is 4.91 Å². The van der Waals surface area contributed by atoms with E-state index >= 15 is 0 Å². The van der Waals surface area contributed by atoms with Gasteiger partial charge < -0.3 is 0 Å². The van der Waals surface area contributed by atoms with Crippen LogP contribution in [0.25, 0.3) is 10.4 Å². The molecule has 4 fully saturated rings. The minimum absolute atomic E-state index is 0.0821. The standard InChI is InChI=1S/C17H29N3/c1-3-5-17(6-4-2,19-20-18)16-10-13-7-14(11-16)9-15(8-13)12-16/h13-15H,3-12H2,1-2H3. The van der Waals surface area contributed by atoms with Crippen LogP contribution in [0.2, 0.25) is 0 Å². The number of azide groups is 1. The van der Waals surface area contributed by atoms with E-state index < -0.39 is 0 Å². The van der Waals surface area contributed by atoms with Crippen molar-refractivity contribution in [3.8, 4) is 0 Å². The van der Waals surface area contributed by atoms with Gasteiger partial charge in [-0.05, 0) is 80.1 Å². The Morgan fingerprint density at radius 1 is 1.00 bits per heavy atom. The lowest BCUT2D eigenvalue weighted by Crippen LogP contribution is -2.57. The molecular weight excluding hydrogens is 246 g/mol.